The van der Waals surface area contributed by atoms with Gasteiger partial charge in [0.1, 0.15) is 23.3 Å². The molecule has 23 heavy (non-hydrogen) atoms. The summed E-state index contributed by atoms with van der Waals surface area (Å²) in [5.41, 5.74) is -0.822. The Kier molecular flexibility index (Phi) is 5.67. The fourth-order valence-electron chi connectivity index (χ4n) is 3.53. The van der Waals surface area contributed by atoms with Gasteiger partial charge in [0.2, 0.25) is 0 Å². The van der Waals surface area contributed by atoms with Gasteiger partial charge in [-0.05, 0) is 49.3 Å². The average Bonchev–Trinajstić information content (AvgIpc) is 2.47. The highest BCUT2D eigenvalue weighted by Gasteiger charge is 2.41. The van der Waals surface area contributed by atoms with Crippen molar-refractivity contribution in [2.24, 2.45) is 11.8 Å². The second-order valence-corrected chi connectivity index (χ2v) is 6.49. The molecule has 0 heterocycles. The van der Waals surface area contributed by atoms with Gasteiger partial charge in [-0.25, -0.2) is 17.6 Å². The van der Waals surface area contributed by atoms with Gasteiger partial charge in [0.25, 0.3) is 5.92 Å². The maximum atomic E-state index is 14.4. The van der Waals surface area contributed by atoms with E-state index in [0.717, 1.165) is 37.8 Å². The van der Waals surface area contributed by atoms with Gasteiger partial charge in [-0.1, -0.05) is 19.8 Å². The van der Waals surface area contributed by atoms with Gasteiger partial charge < -0.3 is 0 Å². The first kappa shape index (κ1) is 17.8. The van der Waals surface area contributed by atoms with E-state index in [1.165, 1.54) is 6.07 Å². The zero-order valence-electron chi connectivity index (χ0n) is 13.2. The zero-order chi connectivity index (χ0) is 17.0. The molecule has 1 aromatic carbocycles. The quantitative estimate of drug-likeness (QED) is 0.644. The summed E-state index contributed by atoms with van der Waals surface area (Å²) in [6.45, 7) is 2.09. The van der Waals surface area contributed by atoms with Gasteiger partial charge in [-0.15, -0.1) is 0 Å². The minimum atomic E-state index is -2.98. The van der Waals surface area contributed by atoms with E-state index < -0.39 is 35.5 Å². The number of alkyl halides is 2. The van der Waals surface area contributed by atoms with E-state index in [4.69, 9.17) is 5.26 Å². The molecule has 0 bridgehead atoms. The molecule has 126 valence electrons. The number of hydrogen-bond donors (Lipinski definition) is 0. The molecule has 0 atom stereocenters. The molecule has 0 radical (unpaired) electrons. The first-order chi connectivity index (χ1) is 10.9. The molecule has 0 aromatic heterocycles. The third-order valence-electron chi connectivity index (χ3n) is 4.79. The van der Waals surface area contributed by atoms with Crippen LogP contribution in [-0.2, 0) is 6.42 Å². The minimum Gasteiger partial charge on any atom is -0.206 e. The van der Waals surface area contributed by atoms with Gasteiger partial charge in [0, 0.05) is 12.3 Å². The first-order valence-electron chi connectivity index (χ1n) is 8.13. The lowest BCUT2D eigenvalue weighted by molar-refractivity contribution is -0.0746. The Morgan fingerprint density at radius 2 is 1.70 bits per heavy atom. The van der Waals surface area contributed by atoms with Crippen LogP contribution in [0.15, 0.2) is 12.1 Å². The van der Waals surface area contributed by atoms with Crippen LogP contribution in [0.2, 0.25) is 0 Å². The Labute approximate surface area is 134 Å². The van der Waals surface area contributed by atoms with Crippen LogP contribution in [0, 0.1) is 34.8 Å². The molecule has 1 aliphatic carbocycles. The van der Waals surface area contributed by atoms with Gasteiger partial charge in [0.15, 0.2) is 0 Å². The lowest BCUT2D eigenvalue weighted by atomic mass is 9.76. The molecule has 1 saturated carbocycles. The summed E-state index contributed by atoms with van der Waals surface area (Å²) >= 11 is 0. The lowest BCUT2D eigenvalue weighted by Gasteiger charge is -2.33. The summed E-state index contributed by atoms with van der Waals surface area (Å²) in [5, 5.41) is 8.62. The van der Waals surface area contributed by atoms with Crippen molar-refractivity contribution in [3.63, 3.8) is 0 Å². The van der Waals surface area contributed by atoms with Crippen molar-refractivity contribution in [1.82, 2.24) is 0 Å². The predicted octanol–water partition coefficient (Wildman–Crippen LogP) is 5.62. The zero-order valence-corrected chi connectivity index (χ0v) is 13.2. The average molecular weight is 327 g/mol. The molecule has 1 aliphatic rings. The maximum Gasteiger partial charge on any atom is 0.254 e. The molecule has 0 amide bonds. The van der Waals surface area contributed by atoms with E-state index in [1.807, 2.05) is 0 Å². The monoisotopic (exact) mass is 327 g/mol. The topological polar surface area (TPSA) is 23.8 Å². The Bertz CT molecular complexity index is 560. The van der Waals surface area contributed by atoms with Crippen LogP contribution < -0.4 is 0 Å². The Hall–Kier alpha value is -1.57. The molecule has 0 N–H and O–H groups in total. The lowest BCUT2D eigenvalue weighted by Crippen LogP contribution is -2.34. The van der Waals surface area contributed by atoms with Crippen LogP contribution in [0.25, 0.3) is 0 Å². The normalized spacial score (nSPS) is 21.9. The second kappa shape index (κ2) is 7.33. The molecule has 0 unspecified atom stereocenters. The van der Waals surface area contributed by atoms with Crippen molar-refractivity contribution in [2.45, 2.75) is 57.8 Å². The van der Waals surface area contributed by atoms with Crippen molar-refractivity contribution in [1.29, 1.82) is 5.26 Å². The second-order valence-electron chi connectivity index (χ2n) is 6.49. The number of nitriles is 1. The van der Waals surface area contributed by atoms with E-state index in [1.54, 1.807) is 0 Å². The van der Waals surface area contributed by atoms with E-state index in [0.29, 0.717) is 18.8 Å². The molecule has 2 rings (SSSR count). The van der Waals surface area contributed by atoms with Crippen LogP contribution in [0.4, 0.5) is 17.6 Å². The van der Waals surface area contributed by atoms with Gasteiger partial charge >= 0.3 is 0 Å². The van der Waals surface area contributed by atoms with Gasteiger partial charge in [-0.3, -0.25) is 0 Å². The van der Waals surface area contributed by atoms with Crippen molar-refractivity contribution in [2.75, 3.05) is 0 Å². The number of benzene rings is 1. The van der Waals surface area contributed by atoms with E-state index >= 15 is 0 Å². The van der Waals surface area contributed by atoms with Crippen LogP contribution in [0.3, 0.4) is 0 Å². The van der Waals surface area contributed by atoms with E-state index in [-0.39, 0.29) is 5.56 Å². The van der Waals surface area contributed by atoms with Crippen molar-refractivity contribution < 1.29 is 17.6 Å². The fraction of sp³-hybridized carbons (Fsp3) is 0.611. The number of halogens is 4. The summed E-state index contributed by atoms with van der Waals surface area (Å²) in [4.78, 5) is 0. The minimum absolute atomic E-state index is 0.0975. The Balaban J connectivity index is 2.06. The number of nitrogens with zero attached hydrogens (tertiary/aromatic N) is 1. The highest BCUT2D eigenvalue weighted by molar-refractivity contribution is 5.35. The van der Waals surface area contributed by atoms with Crippen LogP contribution in [-0.4, -0.2) is 5.92 Å². The SMILES string of the molecule is CCCC1CCC(C(F)(F)Cc2cc(F)c(C#N)c(F)c2)CC1. The largest absolute Gasteiger partial charge is 0.254 e. The smallest absolute Gasteiger partial charge is 0.206 e. The fourth-order valence-corrected chi connectivity index (χ4v) is 3.53. The Morgan fingerprint density at radius 3 is 2.17 bits per heavy atom. The van der Waals surface area contributed by atoms with E-state index in [2.05, 4.69) is 6.92 Å². The molecule has 0 spiro atoms. The van der Waals surface area contributed by atoms with Crippen LogP contribution in [0.1, 0.15) is 56.6 Å². The summed E-state index contributed by atoms with van der Waals surface area (Å²) in [6, 6.07) is 3.09. The summed E-state index contributed by atoms with van der Waals surface area (Å²) in [7, 11) is 0. The molecular formula is C18H21F4N. The van der Waals surface area contributed by atoms with Crippen LogP contribution in [0.5, 0.6) is 0 Å². The molecule has 0 saturated heterocycles. The summed E-state index contributed by atoms with van der Waals surface area (Å²) in [5.74, 6) is -5.35. The number of hydrogen-bond acceptors (Lipinski definition) is 1. The van der Waals surface area contributed by atoms with Crippen molar-refractivity contribution in [3.05, 3.63) is 34.9 Å². The highest BCUT2D eigenvalue weighted by atomic mass is 19.3. The van der Waals surface area contributed by atoms with Crippen molar-refractivity contribution in [3.8, 4) is 6.07 Å². The maximum absolute atomic E-state index is 14.4. The highest BCUT2D eigenvalue weighted by Crippen LogP contribution is 2.41. The van der Waals surface area contributed by atoms with Crippen molar-refractivity contribution >= 4 is 0 Å². The summed E-state index contributed by atoms with van der Waals surface area (Å²) < 4.78 is 56.0. The first-order valence-corrected chi connectivity index (χ1v) is 8.13. The molecule has 0 aliphatic heterocycles. The van der Waals surface area contributed by atoms with Gasteiger partial charge in [0.05, 0.1) is 0 Å². The molecule has 1 aromatic rings. The van der Waals surface area contributed by atoms with Crippen LogP contribution >= 0.6 is 0 Å². The molecular weight excluding hydrogens is 306 g/mol. The third-order valence-corrected chi connectivity index (χ3v) is 4.79. The molecule has 1 nitrogen and oxygen atoms in total. The van der Waals surface area contributed by atoms with E-state index in [9.17, 15) is 17.6 Å². The number of rotatable bonds is 5. The molecule has 5 heteroatoms. The summed E-state index contributed by atoms with van der Waals surface area (Å²) in [6.07, 6.45) is 3.96. The molecule has 1 fully saturated rings. The Morgan fingerprint density at radius 1 is 1.13 bits per heavy atom. The third kappa shape index (κ3) is 4.25. The standard InChI is InChI=1S/C18H21F4N/c1-2-3-12-4-6-14(7-5-12)18(21,22)10-13-8-16(19)15(11-23)17(20)9-13/h8-9,12,14H,2-7,10H2,1H3. The van der Waals surface area contributed by atoms with Gasteiger partial charge in [-0.2, -0.15) is 5.26 Å². The predicted molar refractivity (Wildman–Crippen MR) is 80.1 cm³/mol.